The van der Waals surface area contributed by atoms with Gasteiger partial charge in [0.1, 0.15) is 0 Å². The summed E-state index contributed by atoms with van der Waals surface area (Å²) in [6.07, 6.45) is 0. The number of nitrogens with zero attached hydrogens (tertiary/aromatic N) is 2. The largest absolute Gasteiger partial charge is 0.340 e. The molecule has 0 radical (unpaired) electrons. The van der Waals surface area contributed by atoms with E-state index in [-0.39, 0.29) is 11.3 Å². The minimum Gasteiger partial charge on any atom is -0.340 e. The van der Waals surface area contributed by atoms with Crippen molar-refractivity contribution in [2.75, 3.05) is 26.2 Å². The van der Waals surface area contributed by atoms with E-state index in [1.807, 2.05) is 30.6 Å². The second-order valence-electron chi connectivity index (χ2n) is 6.53. The van der Waals surface area contributed by atoms with Gasteiger partial charge in [-0.05, 0) is 6.07 Å². The Balaban J connectivity index is 1.93. The summed E-state index contributed by atoms with van der Waals surface area (Å²) in [7, 11) is 0. The minimum absolute atomic E-state index is 0.138. The number of rotatable bonds is 2. The number of hydrogen-bond donors (Lipinski definition) is 0. The fraction of sp³-hybridized carbons (Fsp3) is 0.562. The number of halogens is 2. The Morgan fingerprint density at radius 2 is 1.76 bits per heavy atom. The first-order valence-electron chi connectivity index (χ1n) is 7.23. The predicted molar refractivity (Wildman–Crippen MR) is 77.7 cm³/mol. The SMILES string of the molecule is CC(C)(C)C(=O)N1CCN(Cc2cccc(F)c2F)CC1. The number of amides is 1. The Morgan fingerprint density at radius 3 is 2.33 bits per heavy atom. The first kappa shape index (κ1) is 15.9. The highest BCUT2D eigenvalue weighted by Crippen LogP contribution is 2.20. The molecule has 1 saturated heterocycles. The van der Waals surface area contributed by atoms with Crippen LogP contribution in [0.3, 0.4) is 0 Å². The first-order valence-corrected chi connectivity index (χ1v) is 7.23. The topological polar surface area (TPSA) is 23.6 Å². The van der Waals surface area contributed by atoms with Crippen LogP contribution in [0.2, 0.25) is 0 Å². The molecular weight excluding hydrogens is 274 g/mol. The van der Waals surface area contributed by atoms with Crippen molar-refractivity contribution in [2.24, 2.45) is 5.41 Å². The van der Waals surface area contributed by atoms with Crippen LogP contribution < -0.4 is 0 Å². The molecule has 1 aromatic carbocycles. The Hall–Kier alpha value is -1.49. The predicted octanol–water partition coefficient (Wildman–Crippen LogP) is 2.66. The molecule has 0 spiro atoms. The molecule has 1 amide bonds. The Kier molecular flexibility index (Phi) is 4.61. The van der Waals surface area contributed by atoms with Crippen molar-refractivity contribution in [2.45, 2.75) is 27.3 Å². The van der Waals surface area contributed by atoms with Crippen molar-refractivity contribution in [1.82, 2.24) is 9.80 Å². The van der Waals surface area contributed by atoms with Gasteiger partial charge in [-0.2, -0.15) is 0 Å². The molecule has 1 aromatic rings. The summed E-state index contributed by atoms with van der Waals surface area (Å²) in [4.78, 5) is 16.1. The zero-order valence-electron chi connectivity index (χ0n) is 12.8. The number of carbonyl (C=O) groups is 1. The molecule has 1 aliphatic rings. The van der Waals surface area contributed by atoms with E-state index < -0.39 is 11.6 Å². The third-order valence-electron chi connectivity index (χ3n) is 3.73. The van der Waals surface area contributed by atoms with Crippen LogP contribution in [0.4, 0.5) is 8.78 Å². The van der Waals surface area contributed by atoms with E-state index in [4.69, 9.17) is 0 Å². The summed E-state index contributed by atoms with van der Waals surface area (Å²) in [5.41, 5.74) is -0.0118. The number of piperazine rings is 1. The maximum absolute atomic E-state index is 13.7. The first-order chi connectivity index (χ1) is 9.79. The maximum Gasteiger partial charge on any atom is 0.228 e. The third-order valence-corrected chi connectivity index (χ3v) is 3.73. The van der Waals surface area contributed by atoms with Crippen molar-refractivity contribution in [3.8, 4) is 0 Å². The molecule has 0 unspecified atom stereocenters. The van der Waals surface area contributed by atoms with Crippen LogP contribution in [0.1, 0.15) is 26.3 Å². The lowest BCUT2D eigenvalue weighted by Crippen LogP contribution is -2.51. The van der Waals surface area contributed by atoms with Gasteiger partial charge in [0.25, 0.3) is 0 Å². The van der Waals surface area contributed by atoms with Crippen molar-refractivity contribution < 1.29 is 13.6 Å². The molecule has 0 bridgehead atoms. The lowest BCUT2D eigenvalue weighted by atomic mass is 9.94. The minimum atomic E-state index is -0.811. The molecule has 1 fully saturated rings. The molecule has 1 heterocycles. The molecule has 116 valence electrons. The fourth-order valence-electron chi connectivity index (χ4n) is 2.49. The van der Waals surface area contributed by atoms with E-state index in [1.165, 1.54) is 6.07 Å². The molecule has 0 aliphatic carbocycles. The van der Waals surface area contributed by atoms with Gasteiger partial charge >= 0.3 is 0 Å². The van der Waals surface area contributed by atoms with Gasteiger partial charge in [0.05, 0.1) is 0 Å². The van der Waals surface area contributed by atoms with Gasteiger partial charge in [-0.3, -0.25) is 9.69 Å². The van der Waals surface area contributed by atoms with Gasteiger partial charge in [0, 0.05) is 43.7 Å². The van der Waals surface area contributed by atoms with Crippen LogP contribution in [-0.4, -0.2) is 41.9 Å². The molecule has 5 heteroatoms. The lowest BCUT2D eigenvalue weighted by Gasteiger charge is -2.37. The summed E-state index contributed by atoms with van der Waals surface area (Å²) in [6, 6.07) is 4.25. The van der Waals surface area contributed by atoms with Crippen molar-refractivity contribution in [1.29, 1.82) is 0 Å². The van der Waals surface area contributed by atoms with Crippen LogP contribution in [0.25, 0.3) is 0 Å². The third kappa shape index (κ3) is 3.79. The average molecular weight is 296 g/mol. The van der Waals surface area contributed by atoms with Gasteiger partial charge in [0.2, 0.25) is 5.91 Å². The fourth-order valence-corrected chi connectivity index (χ4v) is 2.49. The second kappa shape index (κ2) is 6.10. The Morgan fingerprint density at radius 1 is 1.14 bits per heavy atom. The highest BCUT2D eigenvalue weighted by atomic mass is 19.2. The number of carbonyl (C=O) groups excluding carboxylic acids is 1. The van der Waals surface area contributed by atoms with Gasteiger partial charge in [-0.15, -0.1) is 0 Å². The van der Waals surface area contributed by atoms with E-state index >= 15 is 0 Å². The second-order valence-corrected chi connectivity index (χ2v) is 6.53. The van der Waals surface area contributed by atoms with Crippen molar-refractivity contribution >= 4 is 5.91 Å². The quantitative estimate of drug-likeness (QED) is 0.837. The summed E-state index contributed by atoms with van der Waals surface area (Å²) in [6.45, 7) is 8.72. The highest BCUT2D eigenvalue weighted by Gasteiger charge is 2.29. The number of hydrogen-bond acceptors (Lipinski definition) is 2. The van der Waals surface area contributed by atoms with E-state index in [2.05, 4.69) is 0 Å². The standard InChI is InChI=1S/C16H22F2N2O/c1-16(2,3)15(21)20-9-7-19(8-10-20)11-12-5-4-6-13(17)14(12)18/h4-6H,7-11H2,1-3H3. The van der Waals surface area contributed by atoms with Crippen LogP contribution in [-0.2, 0) is 11.3 Å². The average Bonchev–Trinajstić information content (AvgIpc) is 2.43. The van der Waals surface area contributed by atoms with Crippen molar-refractivity contribution in [3.63, 3.8) is 0 Å². The molecule has 0 N–H and O–H groups in total. The highest BCUT2D eigenvalue weighted by molar-refractivity contribution is 5.81. The van der Waals surface area contributed by atoms with Gasteiger partial charge < -0.3 is 4.90 Å². The zero-order valence-corrected chi connectivity index (χ0v) is 12.8. The van der Waals surface area contributed by atoms with Gasteiger partial charge in [0.15, 0.2) is 11.6 Å². The van der Waals surface area contributed by atoms with E-state index in [0.29, 0.717) is 38.3 Å². The molecule has 0 aromatic heterocycles. The van der Waals surface area contributed by atoms with Crippen LogP contribution in [0.15, 0.2) is 18.2 Å². The smallest absolute Gasteiger partial charge is 0.228 e. The van der Waals surface area contributed by atoms with Crippen LogP contribution >= 0.6 is 0 Å². The van der Waals surface area contributed by atoms with E-state index in [1.54, 1.807) is 6.07 Å². The molecular formula is C16H22F2N2O. The van der Waals surface area contributed by atoms with E-state index in [9.17, 15) is 13.6 Å². The lowest BCUT2D eigenvalue weighted by molar-refractivity contribution is -0.141. The summed E-state index contributed by atoms with van der Waals surface area (Å²) < 4.78 is 26.8. The monoisotopic (exact) mass is 296 g/mol. The van der Waals surface area contributed by atoms with Gasteiger partial charge in [-0.1, -0.05) is 32.9 Å². The summed E-state index contributed by atoms with van der Waals surface area (Å²) in [5.74, 6) is -1.45. The Labute approximate surface area is 124 Å². The summed E-state index contributed by atoms with van der Waals surface area (Å²) in [5, 5.41) is 0. The molecule has 21 heavy (non-hydrogen) atoms. The van der Waals surface area contributed by atoms with Crippen LogP contribution in [0, 0.1) is 17.0 Å². The molecule has 2 rings (SSSR count). The summed E-state index contributed by atoms with van der Waals surface area (Å²) >= 11 is 0. The molecule has 0 atom stereocenters. The molecule has 0 saturated carbocycles. The Bertz CT molecular complexity index is 517. The molecule has 1 aliphatic heterocycles. The van der Waals surface area contributed by atoms with Crippen molar-refractivity contribution in [3.05, 3.63) is 35.4 Å². The normalized spacial score (nSPS) is 17.1. The van der Waals surface area contributed by atoms with Crippen LogP contribution in [0.5, 0.6) is 0 Å². The zero-order chi connectivity index (χ0) is 15.6. The maximum atomic E-state index is 13.7. The van der Waals surface area contributed by atoms with Gasteiger partial charge in [-0.25, -0.2) is 8.78 Å². The van der Waals surface area contributed by atoms with E-state index in [0.717, 1.165) is 6.07 Å². The molecule has 3 nitrogen and oxygen atoms in total. The number of benzene rings is 1.